The van der Waals surface area contributed by atoms with Gasteiger partial charge in [-0.05, 0) is 18.2 Å². The van der Waals surface area contributed by atoms with E-state index in [0.29, 0.717) is 16.5 Å². The van der Waals surface area contributed by atoms with Gasteiger partial charge in [-0.3, -0.25) is 0 Å². The molecule has 0 aliphatic heterocycles. The van der Waals surface area contributed by atoms with Crippen LogP contribution in [0.4, 0.5) is 0 Å². The normalized spacial score (nSPS) is 9.81. The molecule has 80 valence electrons. The number of aromatic nitrogens is 2. The van der Waals surface area contributed by atoms with Crippen molar-refractivity contribution in [3.8, 4) is 17.5 Å². The lowest BCUT2D eigenvalue weighted by Gasteiger charge is -2.06. The van der Waals surface area contributed by atoms with Crippen LogP contribution < -0.4 is 4.74 Å². The summed E-state index contributed by atoms with van der Waals surface area (Å²) in [4.78, 5) is 0. The fourth-order valence-electron chi connectivity index (χ4n) is 1.32. The van der Waals surface area contributed by atoms with Crippen LogP contribution in [0.15, 0.2) is 30.5 Å². The first kappa shape index (κ1) is 10.5. The minimum Gasteiger partial charge on any atom is -0.495 e. The predicted molar refractivity (Wildman–Crippen MR) is 59.8 cm³/mol. The minimum absolute atomic E-state index is 0.369. The molecule has 0 atom stereocenters. The molecular weight excluding hydrogens is 226 g/mol. The zero-order valence-electron chi connectivity index (χ0n) is 8.51. The highest BCUT2D eigenvalue weighted by Crippen LogP contribution is 2.26. The second kappa shape index (κ2) is 4.25. The molecule has 2 rings (SSSR count). The van der Waals surface area contributed by atoms with Gasteiger partial charge in [0.25, 0.3) is 0 Å². The van der Waals surface area contributed by atoms with Crippen molar-refractivity contribution in [1.82, 2.24) is 9.78 Å². The zero-order valence-corrected chi connectivity index (χ0v) is 9.27. The van der Waals surface area contributed by atoms with Gasteiger partial charge in [-0.15, -0.1) is 0 Å². The van der Waals surface area contributed by atoms with Crippen molar-refractivity contribution < 1.29 is 4.74 Å². The Morgan fingerprint density at radius 3 is 2.88 bits per heavy atom. The van der Waals surface area contributed by atoms with E-state index in [1.807, 2.05) is 6.07 Å². The Balaban J connectivity index is 2.45. The third-order valence-electron chi connectivity index (χ3n) is 2.10. The van der Waals surface area contributed by atoms with E-state index >= 15 is 0 Å². The van der Waals surface area contributed by atoms with E-state index in [9.17, 15) is 0 Å². The van der Waals surface area contributed by atoms with Crippen LogP contribution in [-0.2, 0) is 0 Å². The number of benzene rings is 1. The maximum absolute atomic E-state index is 8.67. The number of hydrogen-bond donors (Lipinski definition) is 0. The molecule has 4 nitrogen and oxygen atoms in total. The molecule has 0 amide bonds. The molecule has 0 unspecified atom stereocenters. The van der Waals surface area contributed by atoms with Gasteiger partial charge in [-0.25, -0.2) is 4.68 Å². The fourth-order valence-corrected chi connectivity index (χ4v) is 1.51. The second-order valence-electron chi connectivity index (χ2n) is 3.08. The van der Waals surface area contributed by atoms with Crippen molar-refractivity contribution in [2.24, 2.45) is 0 Å². The Hall–Kier alpha value is -1.99. The van der Waals surface area contributed by atoms with Gasteiger partial charge in [0.15, 0.2) is 5.69 Å². The van der Waals surface area contributed by atoms with Gasteiger partial charge in [0, 0.05) is 12.3 Å². The quantitative estimate of drug-likeness (QED) is 0.800. The summed E-state index contributed by atoms with van der Waals surface area (Å²) in [5.41, 5.74) is 1.16. The van der Waals surface area contributed by atoms with Crippen LogP contribution in [-0.4, -0.2) is 16.9 Å². The summed E-state index contributed by atoms with van der Waals surface area (Å²) in [6, 6.07) is 8.90. The highest BCUT2D eigenvalue weighted by Gasteiger charge is 2.05. The van der Waals surface area contributed by atoms with Crippen molar-refractivity contribution >= 4 is 11.6 Å². The molecule has 0 saturated carbocycles. The van der Waals surface area contributed by atoms with Gasteiger partial charge in [0.05, 0.1) is 17.8 Å². The number of methoxy groups -OCH3 is 1. The van der Waals surface area contributed by atoms with Gasteiger partial charge in [0.2, 0.25) is 0 Å². The van der Waals surface area contributed by atoms with Crippen molar-refractivity contribution in [3.05, 3.63) is 41.2 Å². The van der Waals surface area contributed by atoms with E-state index in [2.05, 4.69) is 5.10 Å². The van der Waals surface area contributed by atoms with Crippen molar-refractivity contribution in [2.45, 2.75) is 0 Å². The van der Waals surface area contributed by atoms with Crippen molar-refractivity contribution in [2.75, 3.05) is 7.11 Å². The number of halogens is 1. The lowest BCUT2D eigenvalue weighted by Crippen LogP contribution is -1.96. The minimum atomic E-state index is 0.369. The molecule has 16 heavy (non-hydrogen) atoms. The summed E-state index contributed by atoms with van der Waals surface area (Å²) >= 11 is 5.91. The average molecular weight is 234 g/mol. The molecule has 0 N–H and O–H groups in total. The summed E-state index contributed by atoms with van der Waals surface area (Å²) in [6.45, 7) is 0. The van der Waals surface area contributed by atoms with E-state index in [0.717, 1.165) is 5.69 Å². The zero-order chi connectivity index (χ0) is 11.5. The Morgan fingerprint density at radius 2 is 2.25 bits per heavy atom. The summed E-state index contributed by atoms with van der Waals surface area (Å²) in [5, 5.41) is 13.3. The number of nitriles is 1. The van der Waals surface area contributed by atoms with Crippen LogP contribution in [0.1, 0.15) is 5.69 Å². The van der Waals surface area contributed by atoms with Crippen LogP contribution >= 0.6 is 11.6 Å². The van der Waals surface area contributed by atoms with Crippen LogP contribution in [0.5, 0.6) is 5.75 Å². The van der Waals surface area contributed by atoms with E-state index in [1.54, 1.807) is 42.3 Å². The third kappa shape index (κ3) is 1.86. The van der Waals surface area contributed by atoms with Crippen LogP contribution in [0, 0.1) is 11.3 Å². The summed E-state index contributed by atoms with van der Waals surface area (Å²) in [6.07, 6.45) is 1.71. The Labute approximate surface area is 97.6 Å². The lowest BCUT2D eigenvalue weighted by atomic mass is 10.3. The van der Waals surface area contributed by atoms with Gasteiger partial charge < -0.3 is 4.74 Å². The van der Waals surface area contributed by atoms with Gasteiger partial charge >= 0.3 is 0 Å². The van der Waals surface area contributed by atoms with Crippen LogP contribution in [0.2, 0.25) is 5.02 Å². The predicted octanol–water partition coefficient (Wildman–Crippen LogP) is 2.41. The summed E-state index contributed by atoms with van der Waals surface area (Å²) in [7, 11) is 1.55. The van der Waals surface area contributed by atoms with Crippen molar-refractivity contribution in [3.63, 3.8) is 0 Å². The molecular formula is C11H8ClN3O. The first-order valence-corrected chi connectivity index (χ1v) is 4.92. The molecule has 1 heterocycles. The molecule has 0 radical (unpaired) electrons. The van der Waals surface area contributed by atoms with Crippen LogP contribution in [0.25, 0.3) is 5.69 Å². The van der Waals surface area contributed by atoms with Crippen molar-refractivity contribution in [1.29, 1.82) is 5.26 Å². The fraction of sp³-hybridized carbons (Fsp3) is 0.0909. The summed E-state index contributed by atoms with van der Waals surface area (Å²) in [5.74, 6) is 0.577. The molecule has 1 aromatic carbocycles. The van der Waals surface area contributed by atoms with Gasteiger partial charge in [-0.1, -0.05) is 11.6 Å². The van der Waals surface area contributed by atoms with E-state index < -0.39 is 0 Å². The third-order valence-corrected chi connectivity index (χ3v) is 2.42. The maximum Gasteiger partial charge on any atom is 0.162 e. The topological polar surface area (TPSA) is 50.8 Å². The number of hydrogen-bond acceptors (Lipinski definition) is 3. The Kier molecular flexibility index (Phi) is 2.80. The first-order chi connectivity index (χ1) is 7.74. The smallest absolute Gasteiger partial charge is 0.162 e. The second-order valence-corrected chi connectivity index (χ2v) is 3.48. The maximum atomic E-state index is 8.67. The van der Waals surface area contributed by atoms with E-state index in [1.165, 1.54) is 0 Å². The first-order valence-electron chi connectivity index (χ1n) is 4.54. The molecule has 0 spiro atoms. The number of nitrogens with zero attached hydrogens (tertiary/aromatic N) is 3. The monoisotopic (exact) mass is 233 g/mol. The highest BCUT2D eigenvalue weighted by atomic mass is 35.5. The molecule has 0 bridgehead atoms. The molecule has 5 heteroatoms. The molecule has 0 aliphatic rings. The standard InChI is InChI=1S/C11H8ClN3O/c1-16-11-6-9(2-3-10(11)12)15-5-4-8(7-13)14-15/h2-6H,1H3. The molecule has 2 aromatic rings. The Bertz CT molecular complexity index is 557. The highest BCUT2D eigenvalue weighted by molar-refractivity contribution is 6.32. The summed E-state index contributed by atoms with van der Waals surface area (Å²) < 4.78 is 6.70. The van der Waals surface area contributed by atoms with E-state index in [4.69, 9.17) is 21.6 Å². The number of rotatable bonds is 2. The average Bonchev–Trinajstić information content (AvgIpc) is 2.78. The molecule has 0 fully saturated rings. The van der Waals surface area contributed by atoms with Gasteiger partial charge in [-0.2, -0.15) is 10.4 Å². The SMILES string of the molecule is COc1cc(-n2ccc(C#N)n2)ccc1Cl. The largest absolute Gasteiger partial charge is 0.495 e. The molecule has 0 saturated heterocycles. The number of ether oxygens (including phenoxy) is 1. The van der Waals surface area contributed by atoms with Gasteiger partial charge in [0.1, 0.15) is 11.8 Å². The molecule has 1 aromatic heterocycles. The van der Waals surface area contributed by atoms with Crippen LogP contribution in [0.3, 0.4) is 0 Å². The van der Waals surface area contributed by atoms with E-state index in [-0.39, 0.29) is 0 Å². The Morgan fingerprint density at radius 1 is 1.44 bits per heavy atom. The lowest BCUT2D eigenvalue weighted by molar-refractivity contribution is 0.414. The molecule has 0 aliphatic carbocycles.